The SMILES string of the molecule is Cc1ccc2c3c-2cccc13. The van der Waals surface area contributed by atoms with Gasteiger partial charge in [-0.25, -0.2) is 0 Å². The first-order valence-electron chi connectivity index (χ1n) is 3.90. The van der Waals surface area contributed by atoms with Gasteiger partial charge in [0.25, 0.3) is 0 Å². The zero-order valence-corrected chi connectivity index (χ0v) is 6.39. The van der Waals surface area contributed by atoms with Crippen LogP contribution >= 0.6 is 0 Å². The van der Waals surface area contributed by atoms with Crippen molar-refractivity contribution >= 4 is 10.8 Å². The van der Waals surface area contributed by atoms with Crippen LogP contribution in [0.25, 0.3) is 21.9 Å². The van der Waals surface area contributed by atoms with Crippen molar-refractivity contribution in [3.05, 3.63) is 35.9 Å². The Labute approximate surface area is 65.5 Å². The Morgan fingerprint density at radius 1 is 0.909 bits per heavy atom. The third-order valence-electron chi connectivity index (χ3n) is 2.49. The molecule has 2 aromatic rings. The zero-order chi connectivity index (χ0) is 7.42. The second-order valence-electron chi connectivity index (χ2n) is 3.16. The third-order valence-corrected chi connectivity index (χ3v) is 2.49. The molecule has 2 aromatic carbocycles. The normalized spacial score (nSPS) is 12.1. The number of benzene rings is 2. The molecule has 3 rings (SSSR count). The van der Waals surface area contributed by atoms with Gasteiger partial charge in [0.05, 0.1) is 0 Å². The van der Waals surface area contributed by atoms with Crippen LogP contribution in [0.5, 0.6) is 0 Å². The minimum absolute atomic E-state index is 1.39. The summed E-state index contributed by atoms with van der Waals surface area (Å²) in [4.78, 5) is 0. The Morgan fingerprint density at radius 3 is 2.55 bits per heavy atom. The fraction of sp³-hybridized carbons (Fsp3) is 0.0909. The molecule has 0 fully saturated rings. The molecule has 0 atom stereocenters. The number of aryl methyl sites for hydroxylation is 1. The largest absolute Gasteiger partial charge is 0.0610 e. The first-order chi connectivity index (χ1) is 5.38. The smallest absolute Gasteiger partial charge is 0.00237 e. The maximum Gasteiger partial charge on any atom is -0.00237 e. The monoisotopic (exact) mass is 140 g/mol. The molecular formula is C11H8. The maximum atomic E-state index is 2.22. The van der Waals surface area contributed by atoms with Gasteiger partial charge in [0.15, 0.2) is 0 Å². The average Bonchev–Trinajstić information content (AvgIpc) is 2.73. The van der Waals surface area contributed by atoms with Crippen LogP contribution in [0, 0.1) is 6.92 Å². The lowest BCUT2D eigenvalue weighted by molar-refractivity contribution is 1.56. The minimum atomic E-state index is 1.39. The summed E-state index contributed by atoms with van der Waals surface area (Å²) < 4.78 is 0. The summed E-state index contributed by atoms with van der Waals surface area (Å²) in [5, 5.41) is 2.92. The van der Waals surface area contributed by atoms with Crippen LogP contribution in [-0.2, 0) is 0 Å². The van der Waals surface area contributed by atoms with Gasteiger partial charge in [0.2, 0.25) is 0 Å². The van der Waals surface area contributed by atoms with E-state index in [4.69, 9.17) is 0 Å². The molecule has 1 aliphatic carbocycles. The second-order valence-corrected chi connectivity index (χ2v) is 3.16. The van der Waals surface area contributed by atoms with E-state index in [1.54, 1.807) is 0 Å². The van der Waals surface area contributed by atoms with Gasteiger partial charge in [-0.2, -0.15) is 0 Å². The van der Waals surface area contributed by atoms with Crippen molar-refractivity contribution in [1.82, 2.24) is 0 Å². The van der Waals surface area contributed by atoms with E-state index in [2.05, 4.69) is 37.3 Å². The Balaban J connectivity index is 2.63. The quantitative estimate of drug-likeness (QED) is 0.450. The molecule has 0 bridgehead atoms. The fourth-order valence-electron chi connectivity index (χ4n) is 1.80. The van der Waals surface area contributed by atoms with E-state index < -0.39 is 0 Å². The summed E-state index contributed by atoms with van der Waals surface area (Å²) in [5.41, 5.74) is 4.30. The van der Waals surface area contributed by atoms with E-state index in [1.165, 1.54) is 27.5 Å². The first kappa shape index (κ1) is 5.36. The molecule has 0 aliphatic heterocycles. The molecule has 0 radical (unpaired) electrons. The molecule has 52 valence electrons. The molecule has 0 unspecified atom stereocenters. The molecule has 0 heteroatoms. The van der Waals surface area contributed by atoms with Crippen molar-refractivity contribution in [2.45, 2.75) is 6.92 Å². The second kappa shape index (κ2) is 1.48. The van der Waals surface area contributed by atoms with Crippen LogP contribution in [0.3, 0.4) is 0 Å². The van der Waals surface area contributed by atoms with Crippen LogP contribution in [0.15, 0.2) is 30.3 Å². The Kier molecular flexibility index (Phi) is 0.719. The van der Waals surface area contributed by atoms with Gasteiger partial charge in [-0.3, -0.25) is 0 Å². The standard InChI is InChI=1S/C11H8/c1-7-5-6-10-9-4-2-3-8(7)11(9)10/h2-6H,1H3. The highest BCUT2D eigenvalue weighted by molar-refractivity contribution is 6.20. The van der Waals surface area contributed by atoms with Gasteiger partial charge < -0.3 is 0 Å². The maximum absolute atomic E-state index is 2.22. The Morgan fingerprint density at radius 2 is 1.73 bits per heavy atom. The Bertz CT molecular complexity index is 445. The van der Waals surface area contributed by atoms with Gasteiger partial charge in [-0.1, -0.05) is 30.3 Å². The highest BCUT2D eigenvalue weighted by atomic mass is 14.2. The van der Waals surface area contributed by atoms with E-state index in [9.17, 15) is 0 Å². The van der Waals surface area contributed by atoms with E-state index in [0.717, 1.165) is 0 Å². The fourth-order valence-corrected chi connectivity index (χ4v) is 1.80. The van der Waals surface area contributed by atoms with Crippen LogP contribution in [0.2, 0.25) is 0 Å². The van der Waals surface area contributed by atoms with Crippen molar-refractivity contribution in [3.8, 4) is 11.1 Å². The van der Waals surface area contributed by atoms with Crippen LogP contribution in [0.1, 0.15) is 5.56 Å². The average molecular weight is 140 g/mol. The van der Waals surface area contributed by atoms with Gasteiger partial charge in [0.1, 0.15) is 0 Å². The summed E-state index contributed by atoms with van der Waals surface area (Å²) in [5.74, 6) is 0. The molecule has 11 heavy (non-hydrogen) atoms. The topological polar surface area (TPSA) is 0 Å². The molecule has 1 aliphatic rings. The number of rotatable bonds is 0. The van der Waals surface area contributed by atoms with Crippen molar-refractivity contribution < 1.29 is 0 Å². The molecule has 0 N–H and O–H groups in total. The van der Waals surface area contributed by atoms with E-state index in [-0.39, 0.29) is 0 Å². The van der Waals surface area contributed by atoms with Crippen molar-refractivity contribution in [2.24, 2.45) is 0 Å². The molecule has 0 heterocycles. The van der Waals surface area contributed by atoms with Crippen LogP contribution < -0.4 is 0 Å². The van der Waals surface area contributed by atoms with Crippen LogP contribution in [-0.4, -0.2) is 0 Å². The third kappa shape index (κ3) is 0.509. The lowest BCUT2D eigenvalue weighted by atomic mass is 10.1. The Hall–Kier alpha value is -1.30. The number of hydrogen-bond donors (Lipinski definition) is 0. The van der Waals surface area contributed by atoms with Gasteiger partial charge in [-0.15, -0.1) is 0 Å². The lowest BCUT2D eigenvalue weighted by Crippen LogP contribution is -1.67. The summed E-state index contributed by atoms with van der Waals surface area (Å²) in [6.45, 7) is 2.17. The highest BCUT2D eigenvalue weighted by Crippen LogP contribution is 2.47. The van der Waals surface area contributed by atoms with Gasteiger partial charge in [0, 0.05) is 0 Å². The van der Waals surface area contributed by atoms with Gasteiger partial charge >= 0.3 is 0 Å². The van der Waals surface area contributed by atoms with E-state index in [0.29, 0.717) is 0 Å². The molecule has 0 spiro atoms. The predicted octanol–water partition coefficient (Wildman–Crippen LogP) is 3.13. The lowest BCUT2D eigenvalue weighted by Gasteiger charge is -1.90. The summed E-state index contributed by atoms with van der Waals surface area (Å²) >= 11 is 0. The zero-order valence-electron chi connectivity index (χ0n) is 6.39. The van der Waals surface area contributed by atoms with Crippen molar-refractivity contribution in [2.75, 3.05) is 0 Å². The molecule has 0 aromatic heterocycles. The van der Waals surface area contributed by atoms with E-state index >= 15 is 0 Å². The van der Waals surface area contributed by atoms with Crippen molar-refractivity contribution in [1.29, 1.82) is 0 Å². The number of hydrogen-bond acceptors (Lipinski definition) is 0. The summed E-state index contributed by atoms with van der Waals surface area (Å²) in [6, 6.07) is 10.9. The summed E-state index contributed by atoms with van der Waals surface area (Å²) in [7, 11) is 0. The molecule has 0 saturated heterocycles. The molecular weight excluding hydrogens is 132 g/mol. The minimum Gasteiger partial charge on any atom is -0.0610 e. The predicted molar refractivity (Wildman–Crippen MR) is 47.7 cm³/mol. The first-order valence-corrected chi connectivity index (χ1v) is 3.90. The molecule has 0 nitrogen and oxygen atoms in total. The van der Waals surface area contributed by atoms with Crippen molar-refractivity contribution in [3.63, 3.8) is 0 Å². The van der Waals surface area contributed by atoms with Gasteiger partial charge in [-0.05, 0) is 34.4 Å². The van der Waals surface area contributed by atoms with Crippen LogP contribution in [0.4, 0.5) is 0 Å². The van der Waals surface area contributed by atoms with E-state index in [1.807, 2.05) is 0 Å². The highest BCUT2D eigenvalue weighted by Gasteiger charge is 2.20. The summed E-state index contributed by atoms with van der Waals surface area (Å²) in [6.07, 6.45) is 0. The molecule has 0 saturated carbocycles. The molecule has 0 amide bonds. The number of fused-ring (bicyclic) bond motifs is 1.